The van der Waals surface area contributed by atoms with Gasteiger partial charge in [-0.15, -0.1) is 5.10 Å². The molecule has 1 unspecified atom stereocenters. The van der Waals surface area contributed by atoms with Crippen LogP contribution in [-0.2, 0) is 4.74 Å². The quantitative estimate of drug-likeness (QED) is 0.375. The number of rotatable bonds is 6. The summed E-state index contributed by atoms with van der Waals surface area (Å²) in [5.74, 6) is -0.967. The largest absolute Gasteiger partial charge is 0.488 e. The van der Waals surface area contributed by atoms with E-state index >= 15 is 0 Å². The van der Waals surface area contributed by atoms with Gasteiger partial charge in [0.25, 0.3) is 0 Å². The van der Waals surface area contributed by atoms with Gasteiger partial charge in [-0.25, -0.2) is 22.8 Å². The van der Waals surface area contributed by atoms with Crippen molar-refractivity contribution >= 4 is 11.6 Å². The number of hydrogen-bond acceptors (Lipinski definition) is 8. The smallest absolute Gasteiger partial charge is 0.410 e. The van der Waals surface area contributed by atoms with E-state index in [1.165, 1.54) is 16.6 Å². The average Bonchev–Trinajstić information content (AvgIpc) is 3.49. The lowest BCUT2D eigenvalue weighted by Crippen LogP contribution is -2.42. The summed E-state index contributed by atoms with van der Waals surface area (Å²) >= 11 is 0. The molecular formula is C27H31F2N7O4. The van der Waals surface area contributed by atoms with Crippen molar-refractivity contribution in [2.45, 2.75) is 58.3 Å². The minimum Gasteiger partial charge on any atom is -0.488 e. The number of carbonyl (C=O) groups is 1. The van der Waals surface area contributed by atoms with Crippen molar-refractivity contribution in [1.29, 1.82) is 0 Å². The van der Waals surface area contributed by atoms with E-state index in [-0.39, 0.29) is 35.7 Å². The van der Waals surface area contributed by atoms with E-state index in [9.17, 15) is 18.7 Å². The average molecular weight is 556 g/mol. The van der Waals surface area contributed by atoms with Gasteiger partial charge in [-0.2, -0.15) is 5.10 Å². The second-order valence-corrected chi connectivity index (χ2v) is 10.8. The highest BCUT2D eigenvalue weighted by atomic mass is 19.1. The predicted octanol–water partition coefficient (Wildman–Crippen LogP) is 4.26. The van der Waals surface area contributed by atoms with Crippen LogP contribution in [0.1, 0.15) is 57.1 Å². The van der Waals surface area contributed by atoms with Gasteiger partial charge < -0.3 is 19.5 Å². The third-order valence-corrected chi connectivity index (χ3v) is 6.68. The van der Waals surface area contributed by atoms with Crippen LogP contribution in [0.15, 0.2) is 36.8 Å². The molecule has 1 aliphatic heterocycles. The summed E-state index contributed by atoms with van der Waals surface area (Å²) in [4.78, 5) is 18.0. The van der Waals surface area contributed by atoms with Crippen LogP contribution in [0.2, 0.25) is 0 Å². The molecule has 0 spiro atoms. The SMILES string of the molecule is Cc1c(-c2cc(OCC(O)c3ccc(F)cn3)c3c(F)cnn3c2)nnn1C1CCN(C(=O)OC(C)(C)C)CC1. The Hall–Kier alpha value is -4.13. The molecule has 13 heteroatoms. The van der Waals surface area contributed by atoms with Crippen molar-refractivity contribution < 1.29 is 28.2 Å². The number of pyridine rings is 2. The van der Waals surface area contributed by atoms with E-state index < -0.39 is 23.3 Å². The first-order valence-electron chi connectivity index (χ1n) is 13.0. The molecule has 4 aromatic heterocycles. The van der Waals surface area contributed by atoms with Crippen LogP contribution in [0.3, 0.4) is 0 Å². The first-order valence-corrected chi connectivity index (χ1v) is 13.0. The van der Waals surface area contributed by atoms with Gasteiger partial charge in [0.15, 0.2) is 5.82 Å². The lowest BCUT2D eigenvalue weighted by Gasteiger charge is -2.33. The Balaban J connectivity index is 1.34. The molecule has 40 heavy (non-hydrogen) atoms. The van der Waals surface area contributed by atoms with E-state index in [4.69, 9.17) is 9.47 Å². The van der Waals surface area contributed by atoms with Gasteiger partial charge in [0.05, 0.1) is 29.8 Å². The third kappa shape index (κ3) is 5.74. The van der Waals surface area contributed by atoms with Crippen molar-refractivity contribution in [2.75, 3.05) is 19.7 Å². The predicted molar refractivity (Wildman–Crippen MR) is 140 cm³/mol. The molecule has 4 aromatic rings. The van der Waals surface area contributed by atoms with Crippen molar-refractivity contribution in [3.8, 4) is 17.0 Å². The molecule has 1 atom stereocenters. The van der Waals surface area contributed by atoms with E-state index in [1.54, 1.807) is 17.2 Å². The Kier molecular flexibility index (Phi) is 7.41. The summed E-state index contributed by atoms with van der Waals surface area (Å²) in [7, 11) is 0. The molecule has 0 aromatic carbocycles. The number of aromatic nitrogens is 6. The number of hydrogen-bond donors (Lipinski definition) is 1. The molecule has 0 radical (unpaired) electrons. The lowest BCUT2D eigenvalue weighted by molar-refractivity contribution is 0.0183. The molecule has 1 N–H and O–H groups in total. The molecule has 1 saturated heterocycles. The molecule has 1 fully saturated rings. The fourth-order valence-corrected chi connectivity index (χ4v) is 4.70. The number of fused-ring (bicyclic) bond motifs is 1. The number of carbonyl (C=O) groups excluding carboxylic acids is 1. The minimum absolute atomic E-state index is 0.0416. The van der Waals surface area contributed by atoms with Crippen molar-refractivity contribution in [3.05, 3.63) is 59.8 Å². The van der Waals surface area contributed by atoms with Crippen molar-refractivity contribution in [1.82, 2.24) is 34.5 Å². The lowest BCUT2D eigenvalue weighted by atomic mass is 10.0. The minimum atomic E-state index is -1.16. The van der Waals surface area contributed by atoms with Gasteiger partial charge in [-0.05, 0) is 58.7 Å². The van der Waals surface area contributed by atoms with Crippen LogP contribution in [0.25, 0.3) is 16.8 Å². The number of piperidine rings is 1. The second-order valence-electron chi connectivity index (χ2n) is 10.8. The van der Waals surface area contributed by atoms with Crippen molar-refractivity contribution in [3.63, 3.8) is 0 Å². The molecule has 212 valence electrons. The van der Waals surface area contributed by atoms with E-state index in [0.29, 0.717) is 37.2 Å². The fourth-order valence-electron chi connectivity index (χ4n) is 4.70. The fraction of sp³-hybridized carbons (Fsp3) is 0.444. The first kappa shape index (κ1) is 27.4. The Labute approximate surface area is 229 Å². The van der Waals surface area contributed by atoms with Crippen LogP contribution >= 0.6 is 0 Å². The van der Waals surface area contributed by atoms with Crippen LogP contribution < -0.4 is 4.74 Å². The molecule has 0 saturated carbocycles. The number of aliphatic hydroxyl groups is 1. The van der Waals surface area contributed by atoms with E-state index in [0.717, 1.165) is 18.1 Å². The summed E-state index contributed by atoms with van der Waals surface area (Å²) in [6.45, 7) is 8.25. The highest BCUT2D eigenvalue weighted by Gasteiger charge is 2.29. The summed E-state index contributed by atoms with van der Waals surface area (Å²) in [6.07, 6.45) is 3.61. The highest BCUT2D eigenvalue weighted by Crippen LogP contribution is 2.33. The maximum atomic E-state index is 14.6. The number of amides is 1. The number of halogens is 2. The molecule has 11 nitrogen and oxygen atoms in total. The Morgan fingerprint density at radius 3 is 2.62 bits per heavy atom. The summed E-state index contributed by atoms with van der Waals surface area (Å²) < 4.78 is 42.3. The number of likely N-dealkylation sites (tertiary alicyclic amines) is 1. The Bertz CT molecular complexity index is 1510. The van der Waals surface area contributed by atoms with Crippen LogP contribution in [0, 0.1) is 18.6 Å². The van der Waals surface area contributed by atoms with Crippen LogP contribution in [0.4, 0.5) is 13.6 Å². The third-order valence-electron chi connectivity index (χ3n) is 6.68. The highest BCUT2D eigenvalue weighted by molar-refractivity contribution is 5.70. The number of aliphatic hydroxyl groups excluding tert-OH is 1. The topological polar surface area (TPSA) is 120 Å². The first-order chi connectivity index (χ1) is 19.0. The van der Waals surface area contributed by atoms with Gasteiger partial charge in [-0.3, -0.25) is 4.98 Å². The summed E-state index contributed by atoms with van der Waals surface area (Å²) in [5, 5.41) is 23.3. The normalized spacial score (nSPS) is 15.4. The van der Waals surface area contributed by atoms with Crippen LogP contribution in [-0.4, -0.2) is 71.0 Å². The molecule has 5 rings (SSSR count). The Morgan fingerprint density at radius 2 is 1.95 bits per heavy atom. The number of ether oxygens (including phenoxy) is 2. The maximum absolute atomic E-state index is 14.6. The summed E-state index contributed by atoms with van der Waals surface area (Å²) in [6, 6.07) is 4.21. The molecule has 5 heterocycles. The van der Waals surface area contributed by atoms with Gasteiger partial charge in [0.1, 0.15) is 41.1 Å². The zero-order valence-corrected chi connectivity index (χ0v) is 22.7. The molecule has 0 aliphatic carbocycles. The molecule has 0 bridgehead atoms. The van der Waals surface area contributed by atoms with Crippen molar-refractivity contribution in [2.24, 2.45) is 0 Å². The second kappa shape index (κ2) is 10.8. The van der Waals surface area contributed by atoms with Gasteiger partial charge in [0.2, 0.25) is 0 Å². The van der Waals surface area contributed by atoms with Crippen LogP contribution in [0.5, 0.6) is 5.75 Å². The Morgan fingerprint density at radius 1 is 1.20 bits per heavy atom. The van der Waals surface area contributed by atoms with E-state index in [2.05, 4.69) is 20.4 Å². The van der Waals surface area contributed by atoms with Gasteiger partial charge in [0, 0.05) is 24.8 Å². The molecule has 1 amide bonds. The standard InChI is InChI=1S/C27H31F2N7O4/c1-16-24(32-33-36(16)19-7-9-34(10-8-19)26(38)40-27(2,3)4)17-11-23(25-20(29)13-31-35(25)14-17)39-15-22(37)21-6-5-18(28)12-30-21/h5-6,11-14,19,22,37H,7-10,15H2,1-4H3. The van der Waals surface area contributed by atoms with E-state index in [1.807, 2.05) is 32.4 Å². The molecule has 1 aliphatic rings. The van der Waals surface area contributed by atoms with Gasteiger partial charge >= 0.3 is 6.09 Å². The zero-order valence-electron chi connectivity index (χ0n) is 22.7. The zero-order chi connectivity index (χ0) is 28.6. The molecular weight excluding hydrogens is 524 g/mol. The van der Waals surface area contributed by atoms with Gasteiger partial charge in [-0.1, -0.05) is 5.21 Å². The maximum Gasteiger partial charge on any atom is 0.410 e. The summed E-state index contributed by atoms with van der Waals surface area (Å²) in [5.41, 5.74) is 1.72. The number of nitrogens with zero attached hydrogens (tertiary/aromatic N) is 7. The monoisotopic (exact) mass is 555 g/mol.